The monoisotopic (exact) mass is 367 g/mol. The van der Waals surface area contributed by atoms with Crippen LogP contribution in [0.5, 0.6) is 0 Å². The quantitative estimate of drug-likeness (QED) is 0.608. The summed E-state index contributed by atoms with van der Waals surface area (Å²) in [6, 6.07) is 1.93. The summed E-state index contributed by atoms with van der Waals surface area (Å²) in [5.74, 6) is 0. The van der Waals surface area contributed by atoms with Gasteiger partial charge in [0.2, 0.25) is 0 Å². The van der Waals surface area contributed by atoms with Crippen molar-refractivity contribution < 1.29 is 0 Å². The van der Waals surface area contributed by atoms with Gasteiger partial charge in [-0.1, -0.05) is 23.2 Å². The van der Waals surface area contributed by atoms with Crippen LogP contribution in [0.25, 0.3) is 10.9 Å². The Hall–Kier alpha value is 0.170. The summed E-state index contributed by atoms with van der Waals surface area (Å²) in [6.45, 7) is 1.93. The van der Waals surface area contributed by atoms with Crippen LogP contribution in [0, 0.1) is 6.92 Å². The molecule has 1 heterocycles. The normalized spacial score (nSPS) is 11.0. The van der Waals surface area contributed by atoms with Gasteiger partial charge in [0.05, 0.1) is 20.0 Å². The first-order valence-electron chi connectivity index (χ1n) is 4.10. The molecule has 2 aromatic rings. The fourth-order valence-corrected chi connectivity index (χ4v) is 2.83. The minimum absolute atomic E-state index is 0.592. The third kappa shape index (κ3) is 1.91. The lowest BCUT2D eigenvalue weighted by molar-refractivity contribution is 1.36. The topological polar surface area (TPSA) is 12.9 Å². The van der Waals surface area contributed by atoms with E-state index < -0.39 is 0 Å². The molecular weight excluding hydrogens is 365 g/mol. The lowest BCUT2D eigenvalue weighted by Crippen LogP contribution is -1.87. The van der Waals surface area contributed by atoms with Crippen LogP contribution < -0.4 is 0 Å². The number of rotatable bonds is 0. The predicted molar refractivity (Wildman–Crippen MR) is 71.9 cm³/mol. The van der Waals surface area contributed by atoms with Gasteiger partial charge in [-0.15, -0.1) is 0 Å². The lowest BCUT2D eigenvalue weighted by Gasteiger charge is -2.08. The Bertz CT molecular complexity index is 547. The number of hydrogen-bond acceptors (Lipinski definition) is 1. The van der Waals surface area contributed by atoms with Crippen LogP contribution in [-0.2, 0) is 0 Å². The van der Waals surface area contributed by atoms with E-state index in [1.165, 1.54) is 0 Å². The van der Waals surface area contributed by atoms with Gasteiger partial charge in [-0.25, -0.2) is 0 Å². The van der Waals surface area contributed by atoms with Crippen molar-refractivity contribution in [3.8, 4) is 0 Å². The van der Waals surface area contributed by atoms with Gasteiger partial charge in [-0.05, 0) is 50.4 Å². The summed E-state index contributed by atoms with van der Waals surface area (Å²) in [5, 5.41) is 2.01. The van der Waals surface area contributed by atoms with E-state index in [2.05, 4.69) is 36.8 Å². The average Bonchev–Trinajstić information content (AvgIpc) is 2.19. The first-order chi connectivity index (χ1) is 7.02. The van der Waals surface area contributed by atoms with E-state index in [9.17, 15) is 0 Å². The van der Waals surface area contributed by atoms with Crippen LogP contribution in [0.4, 0.5) is 0 Å². The summed E-state index contributed by atoms with van der Waals surface area (Å²) in [6.07, 6.45) is 1.67. The van der Waals surface area contributed by atoms with Gasteiger partial charge in [0.25, 0.3) is 0 Å². The van der Waals surface area contributed by atoms with Crippen molar-refractivity contribution in [2.45, 2.75) is 6.92 Å². The molecule has 0 atom stereocenters. The average molecular weight is 370 g/mol. The maximum absolute atomic E-state index is 6.21. The highest BCUT2D eigenvalue weighted by molar-refractivity contribution is 9.11. The molecule has 0 aliphatic rings. The highest BCUT2D eigenvalue weighted by atomic mass is 79.9. The van der Waals surface area contributed by atoms with E-state index in [0.717, 1.165) is 25.4 Å². The molecule has 15 heavy (non-hydrogen) atoms. The molecule has 0 aliphatic carbocycles. The summed E-state index contributed by atoms with van der Waals surface area (Å²) >= 11 is 19.2. The summed E-state index contributed by atoms with van der Waals surface area (Å²) in [7, 11) is 0. The van der Waals surface area contributed by atoms with E-state index in [1.807, 2.05) is 13.0 Å². The minimum Gasteiger partial charge on any atom is -0.254 e. The van der Waals surface area contributed by atoms with Crippen molar-refractivity contribution in [2.24, 2.45) is 0 Å². The van der Waals surface area contributed by atoms with Crippen LogP contribution in [0.2, 0.25) is 10.0 Å². The number of aromatic nitrogens is 1. The van der Waals surface area contributed by atoms with Crippen molar-refractivity contribution in [3.05, 3.63) is 36.8 Å². The van der Waals surface area contributed by atoms with Crippen LogP contribution in [0.15, 0.2) is 21.2 Å². The highest BCUT2D eigenvalue weighted by Crippen LogP contribution is 2.39. The smallest absolute Gasteiger partial charge is 0.0875 e. The fourth-order valence-electron chi connectivity index (χ4n) is 1.37. The van der Waals surface area contributed by atoms with E-state index in [4.69, 9.17) is 23.2 Å². The Labute approximate surface area is 114 Å². The van der Waals surface area contributed by atoms with E-state index in [0.29, 0.717) is 10.0 Å². The molecule has 1 aromatic carbocycles. The molecule has 0 bridgehead atoms. The molecule has 1 nitrogen and oxygen atoms in total. The van der Waals surface area contributed by atoms with Gasteiger partial charge in [0.15, 0.2) is 0 Å². The number of halogens is 4. The minimum atomic E-state index is 0.592. The summed E-state index contributed by atoms with van der Waals surface area (Å²) in [4.78, 5) is 4.28. The fraction of sp³-hybridized carbons (Fsp3) is 0.100. The molecule has 0 aliphatic heterocycles. The Morgan fingerprint density at radius 1 is 1.13 bits per heavy atom. The molecule has 0 fully saturated rings. The zero-order chi connectivity index (χ0) is 11.2. The number of nitrogens with zero attached hydrogens (tertiary/aromatic N) is 1. The maximum atomic E-state index is 6.21. The van der Waals surface area contributed by atoms with Crippen molar-refractivity contribution in [3.63, 3.8) is 0 Å². The number of aryl methyl sites for hydroxylation is 1. The number of hydrogen-bond donors (Lipinski definition) is 0. The molecule has 78 valence electrons. The standard InChI is InChI=1S/C10H5Br2Cl2N/c1-4-2-5(11)10-7(8(4)13)9(14)6(12)3-15-10/h2-3H,1H3. The van der Waals surface area contributed by atoms with Gasteiger partial charge >= 0.3 is 0 Å². The lowest BCUT2D eigenvalue weighted by atomic mass is 10.1. The molecular formula is C10H5Br2Cl2N. The third-order valence-electron chi connectivity index (χ3n) is 2.11. The van der Waals surface area contributed by atoms with Crippen molar-refractivity contribution >= 4 is 66.0 Å². The van der Waals surface area contributed by atoms with Crippen LogP contribution in [0.1, 0.15) is 5.56 Å². The van der Waals surface area contributed by atoms with Crippen LogP contribution in [-0.4, -0.2) is 4.98 Å². The molecule has 0 unspecified atom stereocenters. The van der Waals surface area contributed by atoms with Crippen molar-refractivity contribution in [1.82, 2.24) is 4.98 Å². The SMILES string of the molecule is Cc1cc(Br)c2ncc(Br)c(Cl)c2c1Cl. The second-order valence-electron chi connectivity index (χ2n) is 3.13. The zero-order valence-electron chi connectivity index (χ0n) is 7.61. The third-order valence-corrected chi connectivity index (χ3v) is 4.42. The Morgan fingerprint density at radius 3 is 2.47 bits per heavy atom. The second kappa shape index (κ2) is 4.21. The van der Waals surface area contributed by atoms with Crippen LogP contribution in [0.3, 0.4) is 0 Å². The van der Waals surface area contributed by atoms with Crippen molar-refractivity contribution in [1.29, 1.82) is 0 Å². The number of fused-ring (bicyclic) bond motifs is 1. The molecule has 2 rings (SSSR count). The molecule has 5 heteroatoms. The molecule has 0 amide bonds. The summed E-state index contributed by atoms with van der Waals surface area (Å²) in [5.41, 5.74) is 1.75. The first kappa shape index (κ1) is 11.6. The largest absolute Gasteiger partial charge is 0.254 e. The van der Waals surface area contributed by atoms with E-state index in [1.54, 1.807) is 6.20 Å². The van der Waals surface area contributed by atoms with E-state index in [-0.39, 0.29) is 0 Å². The predicted octanol–water partition coefficient (Wildman–Crippen LogP) is 5.38. The molecule has 1 aromatic heterocycles. The Morgan fingerprint density at radius 2 is 1.80 bits per heavy atom. The molecule has 0 radical (unpaired) electrons. The van der Waals surface area contributed by atoms with Gasteiger partial charge in [-0.3, -0.25) is 4.98 Å². The van der Waals surface area contributed by atoms with Gasteiger partial charge < -0.3 is 0 Å². The highest BCUT2D eigenvalue weighted by Gasteiger charge is 2.13. The van der Waals surface area contributed by atoms with E-state index >= 15 is 0 Å². The molecule has 0 saturated carbocycles. The molecule has 0 spiro atoms. The number of pyridine rings is 1. The molecule has 0 N–H and O–H groups in total. The second-order valence-corrected chi connectivity index (χ2v) is 5.60. The maximum Gasteiger partial charge on any atom is 0.0875 e. The van der Waals surface area contributed by atoms with Crippen LogP contribution >= 0.6 is 55.1 Å². The Balaban J connectivity index is 3.04. The zero-order valence-corrected chi connectivity index (χ0v) is 12.3. The molecule has 0 saturated heterocycles. The van der Waals surface area contributed by atoms with Crippen molar-refractivity contribution in [2.75, 3.05) is 0 Å². The number of benzene rings is 1. The van der Waals surface area contributed by atoms with Gasteiger partial charge in [0.1, 0.15) is 0 Å². The van der Waals surface area contributed by atoms with Gasteiger partial charge in [-0.2, -0.15) is 0 Å². The first-order valence-corrected chi connectivity index (χ1v) is 6.45. The van der Waals surface area contributed by atoms with Gasteiger partial charge in [0, 0.05) is 16.1 Å². The summed E-state index contributed by atoms with van der Waals surface area (Å²) < 4.78 is 1.64. The Kier molecular flexibility index (Phi) is 3.27.